The first-order chi connectivity index (χ1) is 12.3. The topological polar surface area (TPSA) is 123 Å². The average molecular weight is 383 g/mol. The van der Waals surface area contributed by atoms with Gasteiger partial charge in [0.2, 0.25) is 11.8 Å². The van der Waals surface area contributed by atoms with Crippen molar-refractivity contribution in [2.24, 2.45) is 10.9 Å². The minimum atomic E-state index is -0.377. The van der Waals surface area contributed by atoms with E-state index in [0.717, 1.165) is 0 Å². The molecule has 142 valence electrons. The normalized spacial score (nSPS) is 11.8. The Bertz CT molecular complexity index is 679. The van der Waals surface area contributed by atoms with Crippen molar-refractivity contribution < 1.29 is 19.1 Å². The number of ether oxygens (including phenoxy) is 1. The van der Waals surface area contributed by atoms with E-state index in [1.165, 1.54) is 6.21 Å². The second-order valence-corrected chi connectivity index (χ2v) is 5.95. The highest BCUT2D eigenvalue weighted by molar-refractivity contribution is 6.33. The molecule has 0 aliphatic carbocycles. The third-order valence-corrected chi connectivity index (χ3v) is 3.59. The molecule has 1 aromatic rings. The molecule has 2 amide bonds. The maximum absolute atomic E-state index is 11.9. The number of carbonyl (C=O) groups excluding carboxylic acids is 3. The molecule has 9 heteroatoms. The SMILES string of the molecule is CCOC(=O)CC(C)NC(=O)CCC(=O)Nc1ccc(C=NN)c(Cl)c1. The van der Waals surface area contributed by atoms with Crippen LogP contribution in [0.4, 0.5) is 5.69 Å². The van der Waals surface area contributed by atoms with E-state index >= 15 is 0 Å². The van der Waals surface area contributed by atoms with Gasteiger partial charge < -0.3 is 21.2 Å². The molecule has 1 atom stereocenters. The number of hydrazone groups is 1. The lowest BCUT2D eigenvalue weighted by Gasteiger charge is -2.13. The van der Waals surface area contributed by atoms with Crippen molar-refractivity contribution in [2.75, 3.05) is 11.9 Å². The van der Waals surface area contributed by atoms with Crippen LogP contribution < -0.4 is 16.5 Å². The van der Waals surface area contributed by atoms with Gasteiger partial charge in [0.15, 0.2) is 0 Å². The first-order valence-electron chi connectivity index (χ1n) is 8.13. The summed E-state index contributed by atoms with van der Waals surface area (Å²) in [4.78, 5) is 35.1. The lowest BCUT2D eigenvalue weighted by Crippen LogP contribution is -2.35. The summed E-state index contributed by atoms with van der Waals surface area (Å²) in [7, 11) is 0. The molecule has 0 fully saturated rings. The Labute approximate surface area is 157 Å². The molecular formula is C17H23ClN4O4. The average Bonchev–Trinajstić information content (AvgIpc) is 2.55. The summed E-state index contributed by atoms with van der Waals surface area (Å²) in [6.07, 6.45) is 1.49. The van der Waals surface area contributed by atoms with E-state index in [1.54, 1.807) is 32.0 Å². The molecule has 0 heterocycles. The number of amides is 2. The van der Waals surface area contributed by atoms with Crippen LogP contribution in [0, 0.1) is 0 Å². The number of hydrogen-bond donors (Lipinski definition) is 3. The maximum Gasteiger partial charge on any atom is 0.307 e. The Balaban J connectivity index is 2.40. The van der Waals surface area contributed by atoms with Gasteiger partial charge in [-0.3, -0.25) is 14.4 Å². The Kier molecular flexibility index (Phi) is 9.14. The summed E-state index contributed by atoms with van der Waals surface area (Å²) in [5.74, 6) is 4.05. The van der Waals surface area contributed by atoms with Gasteiger partial charge in [0.25, 0.3) is 0 Å². The number of rotatable bonds is 9. The monoisotopic (exact) mass is 382 g/mol. The van der Waals surface area contributed by atoms with Crippen molar-refractivity contribution in [3.05, 3.63) is 28.8 Å². The Morgan fingerprint density at radius 3 is 2.62 bits per heavy atom. The van der Waals surface area contributed by atoms with Gasteiger partial charge in [-0.2, -0.15) is 5.10 Å². The predicted octanol–water partition coefficient (Wildman–Crippen LogP) is 1.81. The fourth-order valence-corrected chi connectivity index (χ4v) is 2.34. The second-order valence-electron chi connectivity index (χ2n) is 5.54. The van der Waals surface area contributed by atoms with Gasteiger partial charge in [0.05, 0.1) is 24.3 Å². The first-order valence-corrected chi connectivity index (χ1v) is 8.51. The van der Waals surface area contributed by atoms with Crippen molar-refractivity contribution in [1.29, 1.82) is 0 Å². The highest BCUT2D eigenvalue weighted by Gasteiger charge is 2.14. The van der Waals surface area contributed by atoms with Crippen LogP contribution in [0.2, 0.25) is 5.02 Å². The third-order valence-electron chi connectivity index (χ3n) is 3.26. The molecule has 0 aromatic heterocycles. The van der Waals surface area contributed by atoms with E-state index in [1.807, 2.05) is 0 Å². The van der Waals surface area contributed by atoms with Crippen molar-refractivity contribution in [1.82, 2.24) is 5.32 Å². The van der Waals surface area contributed by atoms with E-state index < -0.39 is 0 Å². The molecule has 1 unspecified atom stereocenters. The van der Waals surface area contributed by atoms with Crippen LogP contribution >= 0.6 is 11.6 Å². The number of anilines is 1. The summed E-state index contributed by atoms with van der Waals surface area (Å²) in [6.45, 7) is 3.71. The summed E-state index contributed by atoms with van der Waals surface area (Å²) >= 11 is 6.04. The molecule has 0 saturated carbocycles. The minimum absolute atomic E-state index is 0.00158. The summed E-state index contributed by atoms with van der Waals surface area (Å²) in [5.41, 5.74) is 1.13. The number of nitrogens with two attached hydrogens (primary N) is 1. The van der Waals surface area contributed by atoms with Crippen molar-refractivity contribution >= 4 is 41.3 Å². The molecule has 26 heavy (non-hydrogen) atoms. The Morgan fingerprint density at radius 1 is 1.31 bits per heavy atom. The zero-order valence-corrected chi connectivity index (χ0v) is 15.5. The van der Waals surface area contributed by atoms with Gasteiger partial charge in [-0.15, -0.1) is 0 Å². The van der Waals surface area contributed by atoms with Crippen molar-refractivity contribution in [3.63, 3.8) is 0 Å². The van der Waals surface area contributed by atoms with Crippen LogP contribution in [0.3, 0.4) is 0 Å². The second kappa shape index (κ2) is 11.1. The van der Waals surface area contributed by atoms with Crippen LogP contribution in [-0.2, 0) is 19.1 Å². The molecule has 1 rings (SSSR count). The molecule has 0 aliphatic heterocycles. The predicted molar refractivity (Wildman–Crippen MR) is 100.0 cm³/mol. The first kappa shape index (κ1) is 21.4. The Morgan fingerprint density at radius 2 is 2.00 bits per heavy atom. The smallest absolute Gasteiger partial charge is 0.307 e. The van der Waals surface area contributed by atoms with Crippen LogP contribution in [0.5, 0.6) is 0 Å². The molecule has 0 radical (unpaired) electrons. The quantitative estimate of drug-likeness (QED) is 0.260. The number of carbonyl (C=O) groups is 3. The molecule has 4 N–H and O–H groups in total. The van der Waals surface area contributed by atoms with Gasteiger partial charge in [0, 0.05) is 30.1 Å². The number of benzene rings is 1. The van der Waals surface area contributed by atoms with E-state index in [-0.39, 0.29) is 43.1 Å². The van der Waals surface area contributed by atoms with E-state index in [2.05, 4.69) is 15.7 Å². The van der Waals surface area contributed by atoms with Gasteiger partial charge >= 0.3 is 5.97 Å². The zero-order chi connectivity index (χ0) is 19.5. The van der Waals surface area contributed by atoms with Crippen LogP contribution in [0.15, 0.2) is 23.3 Å². The van der Waals surface area contributed by atoms with E-state index in [0.29, 0.717) is 22.9 Å². The number of halogens is 1. The van der Waals surface area contributed by atoms with E-state index in [4.69, 9.17) is 22.2 Å². The molecule has 0 aliphatic rings. The highest BCUT2D eigenvalue weighted by atomic mass is 35.5. The van der Waals surface area contributed by atoms with E-state index in [9.17, 15) is 14.4 Å². The fraction of sp³-hybridized carbons (Fsp3) is 0.412. The Hall–Kier alpha value is -2.61. The lowest BCUT2D eigenvalue weighted by molar-refractivity contribution is -0.143. The molecule has 0 saturated heterocycles. The van der Waals surface area contributed by atoms with Crippen molar-refractivity contribution in [2.45, 2.75) is 39.2 Å². The lowest BCUT2D eigenvalue weighted by atomic mass is 10.2. The summed E-state index contributed by atoms with van der Waals surface area (Å²) in [5, 5.41) is 9.09. The number of nitrogens with one attached hydrogen (secondary N) is 2. The highest BCUT2D eigenvalue weighted by Crippen LogP contribution is 2.19. The third kappa shape index (κ3) is 7.98. The number of hydrogen-bond acceptors (Lipinski definition) is 6. The van der Waals surface area contributed by atoms with Crippen LogP contribution in [-0.4, -0.2) is 36.6 Å². The summed E-state index contributed by atoms with van der Waals surface area (Å²) < 4.78 is 4.81. The van der Waals surface area contributed by atoms with Crippen LogP contribution in [0.1, 0.15) is 38.7 Å². The standard InChI is InChI=1S/C17H23ClN4O4/c1-3-26-17(25)8-11(2)21-15(23)6-7-16(24)22-13-5-4-12(10-20-19)14(18)9-13/h4-5,9-11H,3,6-8,19H2,1-2H3,(H,21,23)(H,22,24). The number of nitrogens with zero attached hydrogens (tertiary/aromatic N) is 1. The number of esters is 1. The van der Waals surface area contributed by atoms with Gasteiger partial charge in [-0.1, -0.05) is 11.6 Å². The van der Waals surface area contributed by atoms with Crippen LogP contribution in [0.25, 0.3) is 0 Å². The molecule has 0 bridgehead atoms. The van der Waals surface area contributed by atoms with Gasteiger partial charge in [0.1, 0.15) is 0 Å². The molecular weight excluding hydrogens is 360 g/mol. The largest absolute Gasteiger partial charge is 0.466 e. The molecule has 1 aromatic carbocycles. The summed E-state index contributed by atoms with van der Waals surface area (Å²) in [6, 6.07) is 4.53. The van der Waals surface area contributed by atoms with Gasteiger partial charge in [-0.05, 0) is 32.0 Å². The maximum atomic E-state index is 11.9. The van der Waals surface area contributed by atoms with Gasteiger partial charge in [-0.25, -0.2) is 0 Å². The molecule has 0 spiro atoms. The minimum Gasteiger partial charge on any atom is -0.466 e. The molecule has 8 nitrogen and oxygen atoms in total. The van der Waals surface area contributed by atoms with Crippen molar-refractivity contribution in [3.8, 4) is 0 Å². The zero-order valence-electron chi connectivity index (χ0n) is 14.8. The fourth-order valence-electron chi connectivity index (χ4n) is 2.11.